The Morgan fingerprint density at radius 3 is 2.66 bits per heavy atom. The first kappa shape index (κ1) is 21.8. The minimum atomic E-state index is -3.87. The van der Waals surface area contributed by atoms with E-state index in [1.807, 2.05) is 13.8 Å². The average Bonchev–Trinajstić information content (AvgIpc) is 3.36. The molecule has 0 fully saturated rings. The summed E-state index contributed by atoms with van der Waals surface area (Å²) in [4.78, 5) is 15.1. The maximum Gasteiger partial charge on any atom is 0.376 e. The van der Waals surface area contributed by atoms with Crippen molar-refractivity contribution in [2.45, 2.75) is 32.4 Å². The average molecular weight is 462 g/mol. The van der Waals surface area contributed by atoms with Crippen LogP contribution in [-0.2, 0) is 11.3 Å². The maximum absolute atomic E-state index is 13.6. The van der Waals surface area contributed by atoms with Crippen molar-refractivity contribution in [1.29, 1.82) is 0 Å². The van der Waals surface area contributed by atoms with Gasteiger partial charge in [0.25, 0.3) is 5.89 Å². The molecule has 1 N–H and O–H groups in total. The SMILES string of the molecule is CC(C)Oc1ccc(-c2nc(-c3ccc4c(ccn4CC(F)(F)C(=O)O)c3)no2)cc1Cl. The largest absolute Gasteiger partial charge is 0.489 e. The Kier molecular flexibility index (Phi) is 5.60. The van der Waals surface area contributed by atoms with E-state index in [4.69, 9.17) is 26.0 Å². The quantitative estimate of drug-likeness (QED) is 0.390. The van der Waals surface area contributed by atoms with E-state index in [-0.39, 0.29) is 12.0 Å². The van der Waals surface area contributed by atoms with Gasteiger partial charge in [-0.15, -0.1) is 0 Å². The van der Waals surface area contributed by atoms with Gasteiger partial charge in [0, 0.05) is 28.2 Å². The molecule has 0 atom stereocenters. The molecule has 0 aliphatic rings. The van der Waals surface area contributed by atoms with E-state index in [2.05, 4.69) is 10.1 Å². The Morgan fingerprint density at radius 2 is 1.97 bits per heavy atom. The number of fused-ring (bicyclic) bond motifs is 1. The second-order valence-corrected chi connectivity index (χ2v) is 7.87. The summed E-state index contributed by atoms with van der Waals surface area (Å²) in [6, 6.07) is 11.7. The zero-order chi connectivity index (χ0) is 23.0. The highest BCUT2D eigenvalue weighted by Crippen LogP contribution is 2.32. The molecule has 0 bridgehead atoms. The van der Waals surface area contributed by atoms with Crippen molar-refractivity contribution < 1.29 is 27.9 Å². The fourth-order valence-corrected chi connectivity index (χ4v) is 3.43. The van der Waals surface area contributed by atoms with E-state index in [1.165, 1.54) is 10.8 Å². The summed E-state index contributed by atoms with van der Waals surface area (Å²) in [5, 5.41) is 13.7. The van der Waals surface area contributed by atoms with E-state index in [0.29, 0.717) is 38.6 Å². The second-order valence-electron chi connectivity index (χ2n) is 7.46. The molecule has 10 heteroatoms. The first-order chi connectivity index (χ1) is 15.1. The fourth-order valence-electron chi connectivity index (χ4n) is 3.20. The van der Waals surface area contributed by atoms with Crippen LogP contribution in [0.2, 0.25) is 5.02 Å². The Bertz CT molecular complexity index is 1300. The van der Waals surface area contributed by atoms with E-state index in [9.17, 15) is 13.6 Å². The third-order valence-corrected chi connectivity index (χ3v) is 4.97. The van der Waals surface area contributed by atoms with Crippen LogP contribution in [0, 0.1) is 0 Å². The summed E-state index contributed by atoms with van der Waals surface area (Å²) in [6.07, 6.45) is 1.39. The number of nitrogens with zero attached hydrogens (tertiary/aromatic N) is 3. The molecule has 0 aliphatic carbocycles. The van der Waals surface area contributed by atoms with Gasteiger partial charge in [-0.25, -0.2) is 4.79 Å². The van der Waals surface area contributed by atoms with Gasteiger partial charge in [-0.2, -0.15) is 13.8 Å². The van der Waals surface area contributed by atoms with E-state index in [0.717, 1.165) is 0 Å². The standard InChI is InChI=1S/C22H18ClF2N3O4/c1-12(2)31-18-6-4-15(10-16(18)23)20-26-19(27-32-20)14-3-5-17-13(9-14)7-8-28(17)11-22(24,25)21(29)30/h3-10,12H,11H2,1-2H3,(H,29,30). The Hall–Kier alpha value is -3.46. The molecule has 0 saturated carbocycles. The molecule has 0 radical (unpaired) electrons. The molecular formula is C22H18ClF2N3O4. The first-order valence-corrected chi connectivity index (χ1v) is 10.0. The molecule has 2 heterocycles. The molecule has 166 valence electrons. The predicted octanol–water partition coefficient (Wildman–Crippen LogP) is 5.52. The van der Waals surface area contributed by atoms with Crippen molar-refractivity contribution in [3.05, 3.63) is 53.7 Å². The number of ether oxygens (including phenoxy) is 1. The minimum absolute atomic E-state index is 0.0199. The highest BCUT2D eigenvalue weighted by molar-refractivity contribution is 6.32. The predicted molar refractivity (Wildman–Crippen MR) is 114 cm³/mol. The number of carboxylic acids is 1. The van der Waals surface area contributed by atoms with Crippen molar-refractivity contribution in [1.82, 2.24) is 14.7 Å². The minimum Gasteiger partial charge on any atom is -0.489 e. The maximum atomic E-state index is 13.6. The van der Waals surface area contributed by atoms with Crippen LogP contribution in [0.3, 0.4) is 0 Å². The van der Waals surface area contributed by atoms with Crippen LogP contribution >= 0.6 is 11.6 Å². The number of carboxylic acid groups (broad SMARTS) is 1. The van der Waals surface area contributed by atoms with Gasteiger partial charge in [-0.05, 0) is 56.3 Å². The Morgan fingerprint density at radius 1 is 1.22 bits per heavy atom. The molecule has 4 rings (SSSR count). The number of carbonyl (C=O) groups is 1. The monoisotopic (exact) mass is 461 g/mol. The summed E-state index contributed by atoms with van der Waals surface area (Å²) in [5.41, 5.74) is 1.69. The third kappa shape index (κ3) is 4.29. The van der Waals surface area contributed by atoms with Gasteiger partial charge >= 0.3 is 11.9 Å². The normalized spacial score (nSPS) is 11.9. The van der Waals surface area contributed by atoms with Gasteiger partial charge in [0.1, 0.15) is 5.75 Å². The van der Waals surface area contributed by atoms with Crippen LogP contribution in [-0.4, -0.2) is 37.8 Å². The van der Waals surface area contributed by atoms with Gasteiger partial charge in [0.2, 0.25) is 5.82 Å². The lowest BCUT2D eigenvalue weighted by atomic mass is 10.1. The van der Waals surface area contributed by atoms with Crippen LogP contribution in [0.25, 0.3) is 33.7 Å². The van der Waals surface area contributed by atoms with Crippen LogP contribution in [0.1, 0.15) is 13.8 Å². The number of halogens is 3. The molecule has 0 saturated heterocycles. The number of rotatable bonds is 7. The molecule has 2 aromatic carbocycles. The number of benzene rings is 2. The summed E-state index contributed by atoms with van der Waals surface area (Å²) in [6.45, 7) is 2.84. The summed E-state index contributed by atoms with van der Waals surface area (Å²) >= 11 is 6.27. The van der Waals surface area contributed by atoms with Crippen LogP contribution in [0.5, 0.6) is 5.75 Å². The zero-order valence-electron chi connectivity index (χ0n) is 17.1. The number of aliphatic carboxylic acids is 1. The molecule has 0 unspecified atom stereocenters. The zero-order valence-corrected chi connectivity index (χ0v) is 17.8. The lowest BCUT2D eigenvalue weighted by Crippen LogP contribution is -2.33. The van der Waals surface area contributed by atoms with Crippen molar-refractivity contribution in [3.63, 3.8) is 0 Å². The lowest BCUT2D eigenvalue weighted by molar-refractivity contribution is -0.166. The van der Waals surface area contributed by atoms with E-state index < -0.39 is 18.4 Å². The molecule has 4 aromatic rings. The summed E-state index contributed by atoms with van der Waals surface area (Å²) in [5.74, 6) is -4.92. The van der Waals surface area contributed by atoms with Crippen molar-refractivity contribution in [2.75, 3.05) is 0 Å². The topological polar surface area (TPSA) is 90.4 Å². The van der Waals surface area contributed by atoms with E-state index in [1.54, 1.807) is 42.5 Å². The highest BCUT2D eigenvalue weighted by atomic mass is 35.5. The first-order valence-electron chi connectivity index (χ1n) is 9.65. The van der Waals surface area contributed by atoms with Crippen molar-refractivity contribution in [2.24, 2.45) is 0 Å². The molecule has 32 heavy (non-hydrogen) atoms. The van der Waals surface area contributed by atoms with Crippen LogP contribution < -0.4 is 4.74 Å². The van der Waals surface area contributed by atoms with Gasteiger partial charge in [-0.3, -0.25) is 0 Å². The number of hydrogen-bond donors (Lipinski definition) is 1. The van der Waals surface area contributed by atoms with Gasteiger partial charge in [0.15, 0.2) is 0 Å². The molecule has 0 aliphatic heterocycles. The third-order valence-electron chi connectivity index (χ3n) is 4.68. The Labute approximate surface area is 186 Å². The van der Waals surface area contributed by atoms with Crippen molar-refractivity contribution >= 4 is 28.5 Å². The van der Waals surface area contributed by atoms with Crippen LogP contribution in [0.4, 0.5) is 8.78 Å². The number of hydrogen-bond acceptors (Lipinski definition) is 5. The van der Waals surface area contributed by atoms with Gasteiger partial charge in [0.05, 0.1) is 17.7 Å². The Balaban J connectivity index is 1.60. The van der Waals surface area contributed by atoms with Gasteiger partial charge < -0.3 is 18.9 Å². The van der Waals surface area contributed by atoms with Gasteiger partial charge in [-0.1, -0.05) is 16.8 Å². The van der Waals surface area contributed by atoms with E-state index >= 15 is 0 Å². The highest BCUT2D eigenvalue weighted by Gasteiger charge is 2.39. The molecule has 2 aromatic heterocycles. The molecule has 0 spiro atoms. The molecule has 7 nitrogen and oxygen atoms in total. The smallest absolute Gasteiger partial charge is 0.376 e. The lowest BCUT2D eigenvalue weighted by Gasteiger charge is -2.13. The second kappa shape index (κ2) is 8.23. The number of aromatic nitrogens is 3. The molecule has 0 amide bonds. The van der Waals surface area contributed by atoms with Crippen molar-refractivity contribution in [3.8, 4) is 28.6 Å². The fraction of sp³-hybridized carbons (Fsp3) is 0.227. The summed E-state index contributed by atoms with van der Waals surface area (Å²) in [7, 11) is 0. The number of alkyl halides is 2. The molecular weight excluding hydrogens is 444 g/mol. The van der Waals surface area contributed by atoms with Crippen LogP contribution in [0.15, 0.2) is 53.2 Å². The summed E-state index contributed by atoms with van der Waals surface area (Å²) < 4.78 is 39.4.